The molecule has 92 valence electrons. The zero-order valence-electron chi connectivity index (χ0n) is 8.82. The van der Waals surface area contributed by atoms with Crippen molar-refractivity contribution in [1.29, 1.82) is 0 Å². The van der Waals surface area contributed by atoms with Crippen molar-refractivity contribution in [2.45, 2.75) is 6.18 Å². The average molecular weight is 246 g/mol. The van der Waals surface area contributed by atoms with Crippen LogP contribution in [0.4, 0.5) is 13.2 Å². The molecule has 0 heterocycles. The summed E-state index contributed by atoms with van der Waals surface area (Å²) in [5, 5.41) is 0. The summed E-state index contributed by atoms with van der Waals surface area (Å²) in [6.45, 7) is 0. The Hall–Kier alpha value is -1.98. The van der Waals surface area contributed by atoms with E-state index in [9.17, 15) is 18.0 Å². The quantitative estimate of drug-likeness (QED) is 0.465. The van der Waals surface area contributed by atoms with Gasteiger partial charge in [0.2, 0.25) is 5.76 Å². The topological polar surface area (TPSA) is 35.5 Å². The number of ether oxygens (including phenoxy) is 2. The third kappa shape index (κ3) is 3.82. The zero-order valence-corrected chi connectivity index (χ0v) is 8.82. The molecule has 0 N–H and O–H groups in total. The highest BCUT2D eigenvalue weighted by Gasteiger charge is 2.36. The van der Waals surface area contributed by atoms with Crippen LogP contribution in [0.1, 0.15) is 0 Å². The van der Waals surface area contributed by atoms with Crippen LogP contribution in [-0.4, -0.2) is 19.6 Å². The molecule has 0 aliphatic rings. The SMILES string of the molecule is COc1cccc(O/C(=C/C=O)C(F)(F)F)c1. The smallest absolute Gasteiger partial charge is 0.449 e. The number of halogens is 3. The Morgan fingerprint density at radius 2 is 1.94 bits per heavy atom. The maximum Gasteiger partial charge on any atom is 0.449 e. The van der Waals surface area contributed by atoms with Crippen molar-refractivity contribution >= 4 is 6.29 Å². The number of benzene rings is 1. The van der Waals surface area contributed by atoms with Gasteiger partial charge in [0.05, 0.1) is 7.11 Å². The molecule has 0 fully saturated rings. The van der Waals surface area contributed by atoms with Crippen LogP contribution in [-0.2, 0) is 4.79 Å². The maximum atomic E-state index is 12.4. The van der Waals surface area contributed by atoms with Crippen LogP contribution in [0.3, 0.4) is 0 Å². The van der Waals surface area contributed by atoms with Crippen molar-refractivity contribution in [3.63, 3.8) is 0 Å². The van der Waals surface area contributed by atoms with Crippen molar-refractivity contribution in [3.05, 3.63) is 36.1 Å². The summed E-state index contributed by atoms with van der Waals surface area (Å²) in [6.07, 6.45) is -4.38. The molecule has 0 amide bonds. The Morgan fingerprint density at radius 1 is 1.29 bits per heavy atom. The van der Waals surface area contributed by atoms with Crippen molar-refractivity contribution in [1.82, 2.24) is 0 Å². The van der Waals surface area contributed by atoms with Gasteiger partial charge in [-0.1, -0.05) is 6.07 Å². The molecule has 6 heteroatoms. The first-order valence-electron chi connectivity index (χ1n) is 4.52. The summed E-state index contributed by atoms with van der Waals surface area (Å²) in [6, 6.07) is 5.64. The van der Waals surface area contributed by atoms with E-state index >= 15 is 0 Å². The Labute approximate surface area is 95.5 Å². The van der Waals surface area contributed by atoms with Crippen molar-refractivity contribution in [3.8, 4) is 11.5 Å². The number of hydrogen-bond acceptors (Lipinski definition) is 3. The molecule has 1 aromatic carbocycles. The fourth-order valence-corrected chi connectivity index (χ4v) is 1.04. The van der Waals surface area contributed by atoms with E-state index in [1.165, 1.54) is 25.3 Å². The van der Waals surface area contributed by atoms with Gasteiger partial charge in [0.1, 0.15) is 17.8 Å². The Morgan fingerprint density at radius 3 is 2.47 bits per heavy atom. The molecular formula is C11H9F3O3. The van der Waals surface area contributed by atoms with Crippen LogP contribution in [0.25, 0.3) is 0 Å². The zero-order chi connectivity index (χ0) is 12.9. The number of methoxy groups -OCH3 is 1. The molecule has 3 nitrogen and oxygen atoms in total. The van der Waals surface area contributed by atoms with Crippen molar-refractivity contribution in [2.75, 3.05) is 7.11 Å². The molecule has 0 atom stereocenters. The van der Waals surface area contributed by atoms with E-state index in [2.05, 4.69) is 4.74 Å². The van der Waals surface area contributed by atoms with Crippen LogP contribution < -0.4 is 9.47 Å². The third-order valence-corrected chi connectivity index (χ3v) is 1.77. The summed E-state index contributed by atoms with van der Waals surface area (Å²) in [5.74, 6) is -1.08. The van der Waals surface area contributed by atoms with Gasteiger partial charge in [0.15, 0.2) is 0 Å². The molecule has 0 unspecified atom stereocenters. The number of rotatable bonds is 4. The number of carbonyl (C=O) groups is 1. The van der Waals surface area contributed by atoms with Gasteiger partial charge in [-0.05, 0) is 12.1 Å². The summed E-state index contributed by atoms with van der Waals surface area (Å²) in [7, 11) is 1.38. The number of hydrogen-bond donors (Lipinski definition) is 0. The molecule has 0 aliphatic carbocycles. The van der Waals surface area contributed by atoms with Gasteiger partial charge >= 0.3 is 6.18 Å². The Balaban J connectivity index is 2.94. The van der Waals surface area contributed by atoms with Crippen LogP contribution in [0.2, 0.25) is 0 Å². The van der Waals surface area contributed by atoms with E-state index in [0.29, 0.717) is 11.8 Å². The fraction of sp³-hybridized carbons (Fsp3) is 0.182. The minimum Gasteiger partial charge on any atom is -0.497 e. The second-order valence-corrected chi connectivity index (χ2v) is 2.95. The number of carbonyl (C=O) groups excluding carboxylic acids is 1. The number of alkyl halides is 3. The highest BCUT2D eigenvalue weighted by Crippen LogP contribution is 2.29. The largest absolute Gasteiger partial charge is 0.497 e. The van der Waals surface area contributed by atoms with E-state index in [1.54, 1.807) is 6.07 Å². The summed E-state index contributed by atoms with van der Waals surface area (Å²) >= 11 is 0. The molecule has 17 heavy (non-hydrogen) atoms. The molecular weight excluding hydrogens is 237 g/mol. The lowest BCUT2D eigenvalue weighted by Gasteiger charge is -2.12. The molecule has 0 radical (unpaired) electrons. The summed E-state index contributed by atoms with van der Waals surface area (Å²) in [5.41, 5.74) is 0. The minimum atomic E-state index is -4.72. The van der Waals surface area contributed by atoms with Gasteiger partial charge in [0, 0.05) is 12.1 Å². The summed E-state index contributed by atoms with van der Waals surface area (Å²) in [4.78, 5) is 10.1. The summed E-state index contributed by atoms with van der Waals surface area (Å²) < 4.78 is 46.6. The van der Waals surface area contributed by atoms with Gasteiger partial charge in [-0.25, -0.2) is 0 Å². The lowest BCUT2D eigenvalue weighted by atomic mass is 10.3. The van der Waals surface area contributed by atoms with Crippen LogP contribution >= 0.6 is 0 Å². The van der Waals surface area contributed by atoms with Crippen molar-refractivity contribution < 1.29 is 27.4 Å². The molecule has 1 rings (SSSR count). The Kier molecular flexibility index (Phi) is 4.14. The molecule has 0 bridgehead atoms. The third-order valence-electron chi connectivity index (χ3n) is 1.77. The molecule has 0 saturated heterocycles. The Bertz CT molecular complexity index is 424. The molecule has 0 aliphatic heterocycles. The van der Waals surface area contributed by atoms with E-state index in [1.807, 2.05) is 0 Å². The first-order valence-corrected chi connectivity index (χ1v) is 4.52. The second-order valence-electron chi connectivity index (χ2n) is 2.95. The van der Waals surface area contributed by atoms with Gasteiger partial charge < -0.3 is 9.47 Å². The normalized spacial score (nSPS) is 12.1. The molecule has 1 aromatic rings. The van der Waals surface area contributed by atoms with E-state index in [0.717, 1.165) is 0 Å². The predicted octanol–water partition coefficient (Wildman–Crippen LogP) is 2.72. The second kappa shape index (κ2) is 5.38. The van der Waals surface area contributed by atoms with E-state index in [4.69, 9.17) is 4.74 Å². The van der Waals surface area contributed by atoms with Gasteiger partial charge in [-0.3, -0.25) is 4.79 Å². The number of allylic oxidation sites excluding steroid dienone is 2. The monoisotopic (exact) mass is 246 g/mol. The minimum absolute atomic E-state index is 0.0169. The first kappa shape index (κ1) is 13.1. The highest BCUT2D eigenvalue weighted by molar-refractivity contribution is 5.66. The predicted molar refractivity (Wildman–Crippen MR) is 53.8 cm³/mol. The van der Waals surface area contributed by atoms with Crippen LogP contribution in [0.15, 0.2) is 36.1 Å². The lowest BCUT2D eigenvalue weighted by molar-refractivity contribution is -0.119. The maximum absolute atomic E-state index is 12.4. The van der Waals surface area contributed by atoms with Gasteiger partial charge in [-0.15, -0.1) is 0 Å². The first-order chi connectivity index (χ1) is 7.97. The average Bonchev–Trinajstić information content (AvgIpc) is 2.27. The van der Waals surface area contributed by atoms with Crippen LogP contribution in [0.5, 0.6) is 11.5 Å². The van der Waals surface area contributed by atoms with Gasteiger partial charge in [-0.2, -0.15) is 13.2 Å². The lowest BCUT2D eigenvalue weighted by Crippen LogP contribution is -2.17. The van der Waals surface area contributed by atoms with Crippen molar-refractivity contribution in [2.24, 2.45) is 0 Å². The molecule has 0 spiro atoms. The molecule has 0 aromatic heterocycles. The van der Waals surface area contributed by atoms with E-state index in [-0.39, 0.29) is 12.0 Å². The molecule has 0 saturated carbocycles. The standard InChI is InChI=1S/C11H9F3O3/c1-16-8-3-2-4-9(7-8)17-10(5-6-15)11(12,13)14/h2-7H,1H3/b10-5+. The van der Waals surface area contributed by atoms with Crippen LogP contribution in [0, 0.1) is 0 Å². The number of aldehydes is 1. The van der Waals surface area contributed by atoms with E-state index < -0.39 is 11.9 Å². The fourth-order valence-electron chi connectivity index (χ4n) is 1.04. The van der Waals surface area contributed by atoms with Gasteiger partial charge in [0.25, 0.3) is 0 Å². The highest BCUT2D eigenvalue weighted by atomic mass is 19.4.